The lowest BCUT2D eigenvalue weighted by Gasteiger charge is -2.13. The van der Waals surface area contributed by atoms with Crippen LogP contribution in [0.3, 0.4) is 0 Å². The van der Waals surface area contributed by atoms with Crippen molar-refractivity contribution in [2.24, 2.45) is 0 Å². The average Bonchev–Trinajstić information content (AvgIpc) is 3.54. The highest BCUT2D eigenvalue weighted by Crippen LogP contribution is 2.41. The van der Waals surface area contributed by atoms with Crippen LogP contribution in [0.5, 0.6) is 0 Å². The van der Waals surface area contributed by atoms with E-state index in [2.05, 4.69) is 109 Å². The fraction of sp³-hybridized carbons (Fsp3) is 0. The van der Waals surface area contributed by atoms with Gasteiger partial charge >= 0.3 is 0 Å². The van der Waals surface area contributed by atoms with Gasteiger partial charge in [0.05, 0.1) is 0 Å². The second-order valence-corrected chi connectivity index (χ2v) is 11.6. The molecular weight excluding hydrogens is 574 g/mol. The molecule has 0 N–H and O–H groups in total. The van der Waals surface area contributed by atoms with Crippen LogP contribution < -0.4 is 0 Å². The Hall–Kier alpha value is -6.39. The van der Waals surface area contributed by atoms with Gasteiger partial charge in [-0.3, -0.25) is 0 Å². The molecule has 0 spiro atoms. The third-order valence-corrected chi connectivity index (χ3v) is 8.71. The molecule has 0 atom stereocenters. The van der Waals surface area contributed by atoms with Crippen LogP contribution in [0.1, 0.15) is 0 Å². The summed E-state index contributed by atoms with van der Waals surface area (Å²) in [5.41, 5.74) is 9.00. The highest BCUT2D eigenvalue weighted by molar-refractivity contribution is 6.15. The van der Waals surface area contributed by atoms with E-state index in [4.69, 9.17) is 19.4 Å². The Balaban J connectivity index is 1.28. The molecule has 0 bridgehead atoms. The van der Waals surface area contributed by atoms with Crippen LogP contribution in [-0.4, -0.2) is 15.0 Å². The van der Waals surface area contributed by atoms with Crippen molar-refractivity contribution in [3.63, 3.8) is 0 Å². The molecule has 0 saturated heterocycles. The number of hydrogen-bond acceptors (Lipinski definition) is 4. The first kappa shape index (κ1) is 27.0. The van der Waals surface area contributed by atoms with E-state index in [1.165, 1.54) is 0 Å². The third-order valence-electron chi connectivity index (χ3n) is 8.71. The van der Waals surface area contributed by atoms with Gasteiger partial charge in [-0.1, -0.05) is 133 Å². The molecule has 0 amide bonds. The Bertz CT molecular complexity index is 2570. The molecule has 0 aliphatic carbocycles. The summed E-state index contributed by atoms with van der Waals surface area (Å²) in [4.78, 5) is 15.2. The molecule has 0 unspecified atom stereocenters. The predicted octanol–water partition coefficient (Wildman–Crippen LogP) is 11.3. The first-order valence-electron chi connectivity index (χ1n) is 15.7. The highest BCUT2D eigenvalue weighted by Gasteiger charge is 2.18. The summed E-state index contributed by atoms with van der Waals surface area (Å²) in [5, 5.41) is 4.46. The van der Waals surface area contributed by atoms with Crippen molar-refractivity contribution in [3.05, 3.63) is 164 Å². The summed E-state index contributed by atoms with van der Waals surface area (Å²) in [6.45, 7) is 0. The number of hydrogen-bond donors (Lipinski definition) is 0. The molecule has 47 heavy (non-hydrogen) atoms. The van der Waals surface area contributed by atoms with Crippen LogP contribution in [0.25, 0.3) is 89.1 Å². The Morgan fingerprint density at radius 1 is 0.340 bits per heavy atom. The van der Waals surface area contributed by atoms with Gasteiger partial charge in [-0.05, 0) is 63.4 Å². The SMILES string of the molecule is c1ccc(-c2cccc(-c3nc(-c4ccccc4)nc(-c4cc(-c5cccc6oc7ccccc7c56)c5ccccc5c4)n3)c2)cc1. The van der Waals surface area contributed by atoms with Crippen molar-refractivity contribution in [3.8, 4) is 56.4 Å². The Morgan fingerprint density at radius 2 is 0.915 bits per heavy atom. The summed E-state index contributed by atoms with van der Waals surface area (Å²) in [6.07, 6.45) is 0. The zero-order valence-electron chi connectivity index (χ0n) is 25.3. The van der Waals surface area contributed by atoms with Crippen LogP contribution in [0.2, 0.25) is 0 Å². The largest absolute Gasteiger partial charge is 0.456 e. The average molecular weight is 602 g/mol. The molecular formula is C43H27N3O. The van der Waals surface area contributed by atoms with Gasteiger partial charge in [-0.15, -0.1) is 0 Å². The maximum Gasteiger partial charge on any atom is 0.164 e. The van der Waals surface area contributed by atoms with Crippen molar-refractivity contribution < 1.29 is 4.42 Å². The molecule has 0 fully saturated rings. The lowest BCUT2D eigenvalue weighted by Crippen LogP contribution is -2.00. The van der Waals surface area contributed by atoms with Gasteiger partial charge in [0.1, 0.15) is 11.2 Å². The van der Waals surface area contributed by atoms with Gasteiger partial charge in [-0.25, -0.2) is 15.0 Å². The van der Waals surface area contributed by atoms with E-state index < -0.39 is 0 Å². The second-order valence-electron chi connectivity index (χ2n) is 11.6. The van der Waals surface area contributed by atoms with Crippen LogP contribution >= 0.6 is 0 Å². The summed E-state index contributed by atoms with van der Waals surface area (Å²) in [6, 6.07) is 56.3. The number of furan rings is 1. The summed E-state index contributed by atoms with van der Waals surface area (Å²) in [7, 11) is 0. The zero-order chi connectivity index (χ0) is 31.2. The predicted molar refractivity (Wildman–Crippen MR) is 192 cm³/mol. The van der Waals surface area contributed by atoms with Crippen molar-refractivity contribution >= 4 is 32.7 Å². The normalized spacial score (nSPS) is 11.4. The molecule has 0 aliphatic rings. The van der Waals surface area contributed by atoms with E-state index in [1.807, 2.05) is 54.6 Å². The fourth-order valence-electron chi connectivity index (χ4n) is 6.48. The molecule has 0 saturated carbocycles. The maximum absolute atomic E-state index is 6.28. The van der Waals surface area contributed by atoms with E-state index in [1.54, 1.807) is 0 Å². The third kappa shape index (κ3) is 4.84. The molecule has 220 valence electrons. The van der Waals surface area contributed by atoms with Gasteiger partial charge < -0.3 is 4.42 Å². The standard InChI is InChI=1S/C43H27N3O/c1-3-13-28(14-4-1)30-18-11-19-32(25-30)42-44-41(29-15-5-2-6-16-29)45-43(46-42)33-26-31-17-7-8-20-34(31)37(27-33)35-22-12-24-39-40(35)36-21-9-10-23-38(36)47-39/h1-27H. The molecule has 4 heteroatoms. The molecule has 9 aromatic rings. The minimum absolute atomic E-state index is 0.621. The monoisotopic (exact) mass is 601 g/mol. The lowest BCUT2D eigenvalue weighted by molar-refractivity contribution is 0.669. The van der Waals surface area contributed by atoms with E-state index in [0.717, 1.165) is 71.7 Å². The molecule has 7 aromatic carbocycles. The molecule has 0 radical (unpaired) electrons. The smallest absolute Gasteiger partial charge is 0.164 e. The summed E-state index contributed by atoms with van der Waals surface area (Å²) < 4.78 is 6.28. The number of para-hydroxylation sites is 1. The number of rotatable bonds is 5. The van der Waals surface area contributed by atoms with Crippen LogP contribution in [0.15, 0.2) is 168 Å². The lowest BCUT2D eigenvalue weighted by atomic mass is 9.92. The Morgan fingerprint density at radius 3 is 1.72 bits per heavy atom. The Kier molecular flexibility index (Phi) is 6.43. The molecule has 0 aliphatic heterocycles. The van der Waals surface area contributed by atoms with Crippen molar-refractivity contribution in [1.29, 1.82) is 0 Å². The number of benzene rings is 7. The van der Waals surface area contributed by atoms with Crippen LogP contribution in [0.4, 0.5) is 0 Å². The van der Waals surface area contributed by atoms with Crippen molar-refractivity contribution in [2.75, 3.05) is 0 Å². The van der Waals surface area contributed by atoms with E-state index in [0.29, 0.717) is 17.5 Å². The minimum atomic E-state index is 0.621. The topological polar surface area (TPSA) is 51.8 Å². The Labute approximate surface area is 271 Å². The van der Waals surface area contributed by atoms with Gasteiger partial charge in [0, 0.05) is 27.5 Å². The van der Waals surface area contributed by atoms with E-state index >= 15 is 0 Å². The highest BCUT2D eigenvalue weighted by atomic mass is 16.3. The van der Waals surface area contributed by atoms with Gasteiger partial charge in [0.15, 0.2) is 17.5 Å². The summed E-state index contributed by atoms with van der Waals surface area (Å²) in [5.74, 6) is 1.88. The fourth-order valence-corrected chi connectivity index (χ4v) is 6.48. The van der Waals surface area contributed by atoms with E-state index in [-0.39, 0.29) is 0 Å². The van der Waals surface area contributed by atoms with Crippen LogP contribution in [-0.2, 0) is 0 Å². The molecule has 2 aromatic heterocycles. The number of aromatic nitrogens is 3. The number of fused-ring (bicyclic) bond motifs is 4. The molecule has 4 nitrogen and oxygen atoms in total. The first-order chi connectivity index (χ1) is 23.3. The minimum Gasteiger partial charge on any atom is -0.456 e. The molecule has 2 heterocycles. The van der Waals surface area contributed by atoms with Gasteiger partial charge in [-0.2, -0.15) is 0 Å². The van der Waals surface area contributed by atoms with Crippen molar-refractivity contribution in [1.82, 2.24) is 15.0 Å². The van der Waals surface area contributed by atoms with Crippen LogP contribution in [0, 0.1) is 0 Å². The summed E-state index contributed by atoms with van der Waals surface area (Å²) >= 11 is 0. The van der Waals surface area contributed by atoms with Gasteiger partial charge in [0.2, 0.25) is 0 Å². The number of nitrogens with zero attached hydrogens (tertiary/aromatic N) is 3. The van der Waals surface area contributed by atoms with Crippen molar-refractivity contribution in [2.45, 2.75) is 0 Å². The first-order valence-corrected chi connectivity index (χ1v) is 15.7. The zero-order valence-corrected chi connectivity index (χ0v) is 25.3. The maximum atomic E-state index is 6.28. The quantitative estimate of drug-likeness (QED) is 0.197. The van der Waals surface area contributed by atoms with E-state index in [9.17, 15) is 0 Å². The van der Waals surface area contributed by atoms with Gasteiger partial charge in [0.25, 0.3) is 0 Å². The molecule has 9 rings (SSSR count). The second kappa shape index (κ2) is 11.2.